The van der Waals surface area contributed by atoms with Crippen molar-refractivity contribution < 1.29 is 14.3 Å². The van der Waals surface area contributed by atoms with Gasteiger partial charge in [-0.25, -0.2) is 4.79 Å². The van der Waals surface area contributed by atoms with Crippen LogP contribution >= 0.6 is 11.6 Å². The van der Waals surface area contributed by atoms with Crippen molar-refractivity contribution in [2.75, 3.05) is 6.61 Å². The maximum absolute atomic E-state index is 11.7. The molecule has 0 amide bonds. The average Bonchev–Trinajstić information content (AvgIpc) is 2.91. The Balaban J connectivity index is 1.34. The van der Waals surface area contributed by atoms with Crippen LogP contribution in [0.15, 0.2) is 72.8 Å². The molecule has 4 saturated carbocycles. The van der Waals surface area contributed by atoms with Crippen LogP contribution < -0.4 is 4.74 Å². The summed E-state index contributed by atoms with van der Waals surface area (Å²) in [6.07, 6.45) is 11.2. The van der Waals surface area contributed by atoms with Gasteiger partial charge in [-0.3, -0.25) is 0 Å². The van der Waals surface area contributed by atoms with Crippen LogP contribution in [0.25, 0.3) is 17.2 Å². The summed E-state index contributed by atoms with van der Waals surface area (Å²) in [4.78, 5) is 11.7. The lowest BCUT2D eigenvalue weighted by Gasteiger charge is -2.57. The van der Waals surface area contributed by atoms with Gasteiger partial charge in [0.2, 0.25) is 0 Å². The highest BCUT2D eigenvalue weighted by molar-refractivity contribution is 6.33. The van der Waals surface area contributed by atoms with E-state index in [0.717, 1.165) is 40.2 Å². The zero-order valence-corrected chi connectivity index (χ0v) is 22.8. The van der Waals surface area contributed by atoms with E-state index in [0.29, 0.717) is 18.2 Å². The van der Waals surface area contributed by atoms with Crippen LogP contribution in [0.3, 0.4) is 0 Å². The number of hydrogen-bond acceptors (Lipinski definition) is 3. The quantitative estimate of drug-likeness (QED) is 0.217. The molecule has 4 aliphatic rings. The second-order valence-electron chi connectivity index (χ2n) is 11.5. The van der Waals surface area contributed by atoms with E-state index in [1.165, 1.54) is 55.7 Å². The Morgan fingerprint density at radius 3 is 2.32 bits per heavy atom. The number of carbonyl (C=O) groups is 1. The van der Waals surface area contributed by atoms with Crippen molar-refractivity contribution in [3.63, 3.8) is 0 Å². The molecule has 0 heterocycles. The van der Waals surface area contributed by atoms with Gasteiger partial charge in [0.05, 0.1) is 6.61 Å². The average molecular weight is 527 g/mol. The van der Waals surface area contributed by atoms with Crippen LogP contribution in [0, 0.1) is 17.8 Å². The fourth-order valence-electron chi connectivity index (χ4n) is 7.64. The smallest absolute Gasteiger partial charge is 0.330 e. The van der Waals surface area contributed by atoms with Crippen molar-refractivity contribution in [1.82, 2.24) is 0 Å². The highest BCUT2D eigenvalue weighted by atomic mass is 35.5. The van der Waals surface area contributed by atoms with Crippen molar-refractivity contribution in [3.05, 3.63) is 94.5 Å². The van der Waals surface area contributed by atoms with Crippen molar-refractivity contribution >= 4 is 23.6 Å². The molecular formula is C34H35ClO3. The van der Waals surface area contributed by atoms with Gasteiger partial charge in [-0.15, -0.1) is 0 Å². The monoisotopic (exact) mass is 526 g/mol. The lowest BCUT2D eigenvalue weighted by Crippen LogP contribution is -2.48. The topological polar surface area (TPSA) is 35.5 Å². The summed E-state index contributed by atoms with van der Waals surface area (Å²) in [5.74, 6) is 3.21. The molecule has 0 N–H and O–H groups in total. The van der Waals surface area contributed by atoms with Gasteiger partial charge in [-0.2, -0.15) is 0 Å². The van der Waals surface area contributed by atoms with E-state index in [4.69, 9.17) is 21.1 Å². The third-order valence-corrected chi connectivity index (χ3v) is 9.14. The molecular weight excluding hydrogens is 492 g/mol. The first-order valence-corrected chi connectivity index (χ1v) is 14.3. The summed E-state index contributed by atoms with van der Waals surface area (Å²) < 4.78 is 11.5. The zero-order valence-electron chi connectivity index (χ0n) is 22.0. The highest BCUT2D eigenvalue weighted by Crippen LogP contribution is 2.62. The molecule has 0 aromatic heterocycles. The van der Waals surface area contributed by atoms with E-state index in [2.05, 4.69) is 48.5 Å². The lowest BCUT2D eigenvalue weighted by molar-refractivity contribution is -0.137. The molecule has 0 radical (unpaired) electrons. The van der Waals surface area contributed by atoms with E-state index in [1.54, 1.807) is 13.0 Å². The molecule has 0 aliphatic heterocycles. The van der Waals surface area contributed by atoms with E-state index < -0.39 is 0 Å². The van der Waals surface area contributed by atoms with Crippen LogP contribution in [0.5, 0.6) is 5.75 Å². The summed E-state index contributed by atoms with van der Waals surface area (Å²) in [6, 6.07) is 23.0. The largest absolute Gasteiger partial charge is 0.489 e. The van der Waals surface area contributed by atoms with Crippen molar-refractivity contribution in [2.24, 2.45) is 17.8 Å². The molecule has 0 unspecified atom stereocenters. The predicted octanol–water partition coefficient (Wildman–Crippen LogP) is 8.63. The molecule has 3 aromatic rings. The van der Waals surface area contributed by atoms with Crippen LogP contribution in [0.1, 0.15) is 62.1 Å². The number of carbonyl (C=O) groups excluding carboxylic acids is 1. The number of rotatable bonds is 8. The van der Waals surface area contributed by atoms with Crippen molar-refractivity contribution in [3.8, 4) is 16.9 Å². The molecule has 3 nitrogen and oxygen atoms in total. The van der Waals surface area contributed by atoms with Crippen LogP contribution in [0.2, 0.25) is 5.02 Å². The van der Waals surface area contributed by atoms with Gasteiger partial charge >= 0.3 is 5.97 Å². The Morgan fingerprint density at radius 2 is 1.66 bits per heavy atom. The summed E-state index contributed by atoms with van der Waals surface area (Å²) in [5.41, 5.74) is 5.74. The molecule has 4 aliphatic carbocycles. The number of ether oxygens (including phenoxy) is 2. The number of esters is 1. The Hall–Kier alpha value is -3.04. The number of hydrogen-bond donors (Lipinski definition) is 0. The molecule has 3 aromatic carbocycles. The SMILES string of the molecule is CCOC(=O)/C=C/c1ccc(-c2ccc(OCc3ccccc3)c(C34CC5CC(CC(C5)C3)C4)c2)c(Cl)c1. The maximum atomic E-state index is 11.7. The number of halogens is 1. The third kappa shape index (κ3) is 5.14. The molecule has 38 heavy (non-hydrogen) atoms. The van der Waals surface area contributed by atoms with Gasteiger partial charge in [-0.05, 0) is 110 Å². The fourth-order valence-corrected chi connectivity index (χ4v) is 7.94. The van der Waals surface area contributed by atoms with Crippen molar-refractivity contribution in [1.29, 1.82) is 0 Å². The van der Waals surface area contributed by atoms with Crippen LogP contribution in [-0.4, -0.2) is 12.6 Å². The summed E-state index contributed by atoms with van der Waals surface area (Å²) in [6.45, 7) is 2.73. The Kier molecular flexibility index (Phi) is 7.05. The minimum absolute atomic E-state index is 0.200. The van der Waals surface area contributed by atoms with Crippen molar-refractivity contribution in [2.45, 2.75) is 57.5 Å². The first kappa shape index (κ1) is 25.2. The van der Waals surface area contributed by atoms with Crippen LogP contribution in [0.4, 0.5) is 0 Å². The molecule has 4 fully saturated rings. The maximum Gasteiger partial charge on any atom is 0.330 e. The van der Waals surface area contributed by atoms with Gasteiger partial charge in [-0.1, -0.05) is 60.1 Å². The van der Waals surface area contributed by atoms with E-state index in [9.17, 15) is 4.79 Å². The highest BCUT2D eigenvalue weighted by Gasteiger charge is 2.52. The summed E-state index contributed by atoms with van der Waals surface area (Å²) >= 11 is 6.81. The van der Waals surface area contributed by atoms with E-state index in [-0.39, 0.29) is 11.4 Å². The van der Waals surface area contributed by atoms with Gasteiger partial charge < -0.3 is 9.47 Å². The van der Waals surface area contributed by atoms with Gasteiger partial charge in [0.15, 0.2) is 0 Å². The molecule has 0 atom stereocenters. The molecule has 0 spiro atoms. The minimum atomic E-state index is -0.348. The van der Waals surface area contributed by atoms with E-state index in [1.807, 2.05) is 18.2 Å². The fraction of sp³-hybridized carbons (Fsp3) is 0.382. The van der Waals surface area contributed by atoms with Gasteiger partial charge in [0, 0.05) is 22.2 Å². The minimum Gasteiger partial charge on any atom is -0.489 e. The molecule has 4 heteroatoms. The third-order valence-electron chi connectivity index (χ3n) is 8.83. The number of benzene rings is 3. The first-order chi connectivity index (χ1) is 18.5. The molecule has 0 saturated heterocycles. The Labute approximate surface area is 230 Å². The second-order valence-corrected chi connectivity index (χ2v) is 11.9. The lowest BCUT2D eigenvalue weighted by atomic mass is 9.48. The molecule has 196 valence electrons. The summed E-state index contributed by atoms with van der Waals surface area (Å²) in [7, 11) is 0. The first-order valence-electron chi connectivity index (χ1n) is 14.0. The summed E-state index contributed by atoms with van der Waals surface area (Å²) in [5, 5.41) is 0.672. The van der Waals surface area contributed by atoms with E-state index >= 15 is 0 Å². The Morgan fingerprint density at radius 1 is 0.947 bits per heavy atom. The van der Waals surface area contributed by atoms with Gasteiger partial charge in [0.25, 0.3) is 0 Å². The zero-order chi connectivity index (χ0) is 26.1. The Bertz CT molecular complexity index is 1310. The molecule has 7 rings (SSSR count). The van der Waals surface area contributed by atoms with Gasteiger partial charge in [0.1, 0.15) is 12.4 Å². The van der Waals surface area contributed by atoms with Crippen LogP contribution in [-0.2, 0) is 21.6 Å². The second kappa shape index (κ2) is 10.6. The predicted molar refractivity (Wildman–Crippen MR) is 153 cm³/mol. The molecule has 4 bridgehead atoms. The standard InChI is InChI=1S/C34H35ClO3/c1-2-37-33(36)13-9-23-8-11-29(31(35)17-23)28-10-12-32(38-22-24-6-4-3-5-7-24)30(18-28)34-19-25-14-26(20-34)16-27(15-25)21-34/h3-13,17-18,25-27H,2,14-16,19-22H2,1H3/b13-9+. The normalized spacial score (nSPS) is 25.6.